The lowest BCUT2D eigenvalue weighted by Crippen LogP contribution is -2.40. The van der Waals surface area contributed by atoms with E-state index in [1.165, 1.54) is 10.6 Å². The molecule has 2 heterocycles. The van der Waals surface area contributed by atoms with Gasteiger partial charge in [0.15, 0.2) is 0 Å². The Bertz CT molecular complexity index is 1280. The minimum Gasteiger partial charge on any atom is -0.269 e. The quantitative estimate of drug-likeness (QED) is 0.460. The van der Waals surface area contributed by atoms with Crippen molar-refractivity contribution < 1.29 is 0 Å². The average molecular weight is 416 g/mol. The van der Waals surface area contributed by atoms with Gasteiger partial charge in [0.05, 0.1) is 23.6 Å². The van der Waals surface area contributed by atoms with Crippen molar-refractivity contribution in [3.05, 3.63) is 111 Å². The van der Waals surface area contributed by atoms with Crippen molar-refractivity contribution in [3.63, 3.8) is 0 Å². The third-order valence-corrected chi connectivity index (χ3v) is 5.66. The standard InChI is InChI=1S/C24H21N3O2S/c1-17-6-8-18(9-7-17)22-15-23(28)26(16-19-5-3-4-14-25-19)24(29)27(22)20-10-12-21(30-2)13-11-20/h3-15H,16H2,1-2H3. The molecule has 0 spiro atoms. The molecule has 0 bridgehead atoms. The summed E-state index contributed by atoms with van der Waals surface area (Å²) in [7, 11) is 0. The molecule has 150 valence electrons. The molecule has 2 aromatic heterocycles. The number of rotatable bonds is 5. The molecule has 2 aromatic carbocycles. The Hall–Kier alpha value is -3.38. The van der Waals surface area contributed by atoms with Crippen LogP contribution in [-0.2, 0) is 6.54 Å². The second-order valence-corrected chi connectivity index (χ2v) is 7.84. The summed E-state index contributed by atoms with van der Waals surface area (Å²) in [6.45, 7) is 2.12. The first kappa shape index (κ1) is 19.9. The van der Waals surface area contributed by atoms with Gasteiger partial charge in [0.25, 0.3) is 5.56 Å². The van der Waals surface area contributed by atoms with E-state index < -0.39 is 0 Å². The Morgan fingerprint density at radius 3 is 2.30 bits per heavy atom. The van der Waals surface area contributed by atoms with E-state index in [1.807, 2.05) is 67.8 Å². The molecule has 6 heteroatoms. The zero-order valence-electron chi connectivity index (χ0n) is 16.8. The summed E-state index contributed by atoms with van der Waals surface area (Å²) in [5.74, 6) is 0. The number of pyridine rings is 1. The zero-order chi connectivity index (χ0) is 21.1. The van der Waals surface area contributed by atoms with Crippen LogP contribution in [0.1, 0.15) is 11.3 Å². The second-order valence-electron chi connectivity index (χ2n) is 6.96. The van der Waals surface area contributed by atoms with E-state index in [2.05, 4.69) is 4.98 Å². The maximum absolute atomic E-state index is 13.5. The normalized spacial score (nSPS) is 10.9. The van der Waals surface area contributed by atoms with Crippen molar-refractivity contribution in [3.8, 4) is 16.9 Å². The smallest absolute Gasteiger partial charge is 0.269 e. The van der Waals surface area contributed by atoms with Crippen LogP contribution in [0.15, 0.2) is 93.5 Å². The van der Waals surface area contributed by atoms with Crippen molar-refractivity contribution in [1.29, 1.82) is 0 Å². The van der Waals surface area contributed by atoms with E-state index in [1.54, 1.807) is 34.7 Å². The van der Waals surface area contributed by atoms with E-state index in [0.29, 0.717) is 17.1 Å². The molecule has 0 aliphatic carbocycles. The monoisotopic (exact) mass is 415 g/mol. The lowest BCUT2D eigenvalue weighted by molar-refractivity contribution is 0.660. The number of thioether (sulfide) groups is 1. The Balaban J connectivity index is 1.94. The number of aromatic nitrogens is 3. The first-order chi connectivity index (χ1) is 14.6. The molecule has 4 rings (SSSR count). The topological polar surface area (TPSA) is 56.9 Å². The molecular formula is C24H21N3O2S. The Kier molecular flexibility index (Phi) is 5.68. The van der Waals surface area contributed by atoms with Crippen LogP contribution in [0.3, 0.4) is 0 Å². The van der Waals surface area contributed by atoms with E-state index in [0.717, 1.165) is 16.0 Å². The van der Waals surface area contributed by atoms with Crippen LogP contribution < -0.4 is 11.2 Å². The maximum atomic E-state index is 13.5. The molecule has 4 aromatic rings. The van der Waals surface area contributed by atoms with E-state index in [4.69, 9.17) is 0 Å². The van der Waals surface area contributed by atoms with Gasteiger partial charge in [-0.1, -0.05) is 35.9 Å². The summed E-state index contributed by atoms with van der Waals surface area (Å²) in [4.78, 5) is 31.8. The Morgan fingerprint density at radius 1 is 0.933 bits per heavy atom. The predicted octanol–water partition coefficient (Wildman–Crippen LogP) is 4.14. The van der Waals surface area contributed by atoms with Crippen LogP contribution in [0.4, 0.5) is 0 Å². The number of aryl methyl sites for hydroxylation is 1. The molecule has 0 unspecified atom stereocenters. The highest BCUT2D eigenvalue weighted by atomic mass is 32.2. The van der Waals surface area contributed by atoms with Crippen LogP contribution in [0, 0.1) is 6.92 Å². The molecular weight excluding hydrogens is 394 g/mol. The Labute approximate surface area is 178 Å². The largest absolute Gasteiger partial charge is 0.336 e. The number of benzene rings is 2. The van der Waals surface area contributed by atoms with Gasteiger partial charge in [-0.3, -0.25) is 18.9 Å². The summed E-state index contributed by atoms with van der Waals surface area (Å²) in [5.41, 5.74) is 3.12. The van der Waals surface area contributed by atoms with Crippen molar-refractivity contribution in [2.75, 3.05) is 6.26 Å². The lowest BCUT2D eigenvalue weighted by Gasteiger charge is -2.16. The number of hydrogen-bond acceptors (Lipinski definition) is 4. The van der Waals surface area contributed by atoms with Crippen LogP contribution >= 0.6 is 11.8 Å². The average Bonchev–Trinajstić information content (AvgIpc) is 2.78. The highest BCUT2D eigenvalue weighted by molar-refractivity contribution is 7.98. The second kappa shape index (κ2) is 8.55. The van der Waals surface area contributed by atoms with E-state index in [-0.39, 0.29) is 17.8 Å². The first-order valence-corrected chi connectivity index (χ1v) is 10.8. The van der Waals surface area contributed by atoms with Crippen molar-refractivity contribution in [1.82, 2.24) is 14.1 Å². The summed E-state index contributed by atoms with van der Waals surface area (Å²) in [5, 5.41) is 0. The molecule has 0 N–H and O–H groups in total. The van der Waals surface area contributed by atoms with Crippen molar-refractivity contribution in [2.45, 2.75) is 18.4 Å². The Morgan fingerprint density at radius 2 is 1.67 bits per heavy atom. The third kappa shape index (κ3) is 4.00. The molecule has 0 aliphatic rings. The third-order valence-electron chi connectivity index (χ3n) is 4.91. The van der Waals surface area contributed by atoms with E-state index in [9.17, 15) is 9.59 Å². The number of hydrogen-bond donors (Lipinski definition) is 0. The molecule has 0 saturated carbocycles. The summed E-state index contributed by atoms with van der Waals surface area (Å²) in [6, 6.07) is 22.5. The van der Waals surface area contributed by atoms with E-state index >= 15 is 0 Å². The molecule has 0 amide bonds. The van der Waals surface area contributed by atoms with Crippen molar-refractivity contribution in [2.24, 2.45) is 0 Å². The number of nitrogens with zero attached hydrogens (tertiary/aromatic N) is 3. The predicted molar refractivity (Wildman–Crippen MR) is 122 cm³/mol. The highest BCUT2D eigenvalue weighted by Crippen LogP contribution is 2.22. The van der Waals surface area contributed by atoms with Gasteiger partial charge >= 0.3 is 5.69 Å². The fourth-order valence-electron chi connectivity index (χ4n) is 3.29. The highest BCUT2D eigenvalue weighted by Gasteiger charge is 2.15. The summed E-state index contributed by atoms with van der Waals surface area (Å²) in [6.07, 6.45) is 3.66. The van der Waals surface area contributed by atoms with Crippen molar-refractivity contribution >= 4 is 11.8 Å². The molecule has 0 radical (unpaired) electrons. The molecule has 0 saturated heterocycles. The van der Waals surface area contributed by atoms with Gasteiger partial charge in [0.2, 0.25) is 0 Å². The molecule has 0 atom stereocenters. The minimum atomic E-state index is -0.388. The molecule has 0 fully saturated rings. The fraction of sp³-hybridized carbons (Fsp3) is 0.125. The SMILES string of the molecule is CSc1ccc(-n2c(-c3ccc(C)cc3)cc(=O)n(Cc3ccccn3)c2=O)cc1. The van der Waals surface area contributed by atoms with Crippen LogP contribution in [0.5, 0.6) is 0 Å². The summed E-state index contributed by atoms with van der Waals surface area (Å²) < 4.78 is 2.82. The maximum Gasteiger partial charge on any atom is 0.336 e. The van der Waals surface area contributed by atoms with Gasteiger partial charge < -0.3 is 0 Å². The molecule has 30 heavy (non-hydrogen) atoms. The minimum absolute atomic E-state index is 0.121. The first-order valence-electron chi connectivity index (χ1n) is 9.55. The fourth-order valence-corrected chi connectivity index (χ4v) is 3.70. The molecule has 5 nitrogen and oxygen atoms in total. The lowest BCUT2D eigenvalue weighted by atomic mass is 10.1. The van der Waals surface area contributed by atoms with Gasteiger partial charge in [0.1, 0.15) is 0 Å². The van der Waals surface area contributed by atoms with Crippen LogP contribution in [-0.4, -0.2) is 20.4 Å². The molecule has 0 aliphatic heterocycles. The van der Waals surface area contributed by atoms with Gasteiger partial charge in [-0.05, 0) is 55.1 Å². The van der Waals surface area contributed by atoms with Crippen LogP contribution in [0.25, 0.3) is 16.9 Å². The van der Waals surface area contributed by atoms with Gasteiger partial charge in [-0.2, -0.15) is 0 Å². The van der Waals surface area contributed by atoms with Gasteiger partial charge in [-0.25, -0.2) is 4.79 Å². The van der Waals surface area contributed by atoms with Crippen LogP contribution in [0.2, 0.25) is 0 Å². The van der Waals surface area contributed by atoms with Gasteiger partial charge in [-0.15, -0.1) is 11.8 Å². The summed E-state index contributed by atoms with van der Waals surface area (Å²) >= 11 is 1.64. The zero-order valence-corrected chi connectivity index (χ0v) is 17.6. The van der Waals surface area contributed by atoms with Gasteiger partial charge in [0, 0.05) is 17.2 Å².